The number of nitrogens with zero attached hydrogens (tertiary/aromatic N) is 4. The number of carbonyl (C=O) groups excluding carboxylic acids is 1. The Morgan fingerprint density at radius 1 is 1.45 bits per heavy atom. The fourth-order valence-electron chi connectivity index (χ4n) is 2.73. The molecule has 1 aliphatic heterocycles. The van der Waals surface area contributed by atoms with E-state index < -0.39 is 0 Å². The molecule has 0 bridgehead atoms. The van der Waals surface area contributed by atoms with Crippen LogP contribution in [0, 0.1) is 0 Å². The molecule has 0 aromatic carbocycles. The summed E-state index contributed by atoms with van der Waals surface area (Å²) in [5.41, 5.74) is 1.08. The molecule has 1 amide bonds. The van der Waals surface area contributed by atoms with Crippen molar-refractivity contribution < 1.29 is 4.79 Å². The van der Waals surface area contributed by atoms with Gasteiger partial charge in [-0.1, -0.05) is 0 Å². The summed E-state index contributed by atoms with van der Waals surface area (Å²) in [6.45, 7) is 3.66. The molecule has 118 valence electrons. The van der Waals surface area contributed by atoms with Crippen molar-refractivity contribution >= 4 is 5.91 Å². The zero-order valence-electron chi connectivity index (χ0n) is 12.6. The topological polar surface area (TPSA) is 76.8 Å². The molecule has 0 aliphatic carbocycles. The second-order valence-electron chi connectivity index (χ2n) is 5.63. The van der Waals surface area contributed by atoms with Crippen LogP contribution in [0.2, 0.25) is 0 Å². The predicted molar refractivity (Wildman–Crippen MR) is 82.3 cm³/mol. The normalized spacial score (nSPS) is 18.3. The lowest BCUT2D eigenvalue weighted by molar-refractivity contribution is -0.121. The van der Waals surface area contributed by atoms with Gasteiger partial charge in [-0.3, -0.25) is 9.48 Å². The van der Waals surface area contributed by atoms with Crippen molar-refractivity contribution in [2.45, 2.75) is 31.8 Å². The summed E-state index contributed by atoms with van der Waals surface area (Å²) in [4.78, 5) is 15.9. The predicted octanol–water partition coefficient (Wildman–Crippen LogP) is 0.363. The maximum Gasteiger partial charge on any atom is 0.241 e. The van der Waals surface area contributed by atoms with Gasteiger partial charge in [0, 0.05) is 44.1 Å². The minimum absolute atomic E-state index is 0.0171. The average molecular weight is 302 g/mol. The molecule has 1 fully saturated rings. The number of aromatic nitrogens is 4. The molecular weight excluding hydrogens is 280 g/mol. The lowest BCUT2D eigenvalue weighted by Gasteiger charge is -2.20. The molecule has 3 heterocycles. The molecule has 1 saturated heterocycles. The Morgan fingerprint density at radius 2 is 2.41 bits per heavy atom. The van der Waals surface area contributed by atoms with Gasteiger partial charge in [0.2, 0.25) is 5.91 Å². The Labute approximate surface area is 129 Å². The third-order valence-corrected chi connectivity index (χ3v) is 3.93. The summed E-state index contributed by atoms with van der Waals surface area (Å²) in [5, 5.41) is 10.8. The molecule has 2 aromatic rings. The maximum atomic E-state index is 11.9. The first kappa shape index (κ1) is 14.8. The number of amides is 1. The maximum absolute atomic E-state index is 11.9. The third kappa shape index (κ3) is 3.94. The van der Waals surface area contributed by atoms with Crippen LogP contribution in [0.4, 0.5) is 0 Å². The third-order valence-electron chi connectivity index (χ3n) is 3.93. The van der Waals surface area contributed by atoms with E-state index in [0.29, 0.717) is 12.5 Å². The molecule has 0 saturated carbocycles. The number of rotatable bonds is 6. The van der Waals surface area contributed by atoms with Gasteiger partial charge in [-0.15, -0.1) is 0 Å². The minimum Gasteiger partial charge on any atom is -0.353 e. The van der Waals surface area contributed by atoms with Crippen LogP contribution < -0.4 is 10.6 Å². The highest BCUT2D eigenvalue weighted by Crippen LogP contribution is 2.21. The fraction of sp³-hybridized carbons (Fsp3) is 0.533. The molecule has 1 atom stereocenters. The molecule has 2 aromatic heterocycles. The van der Waals surface area contributed by atoms with Crippen molar-refractivity contribution in [3.8, 4) is 0 Å². The standard InChI is InChI=1S/C15H22N6O/c22-15(18-6-9-20-8-5-17-12-20)11-21-7-3-14(19-21)13-2-1-4-16-10-13/h3,5,7-8,12-13,16H,1-2,4,6,9-11H2,(H,18,22)/t13-/m0/s1. The van der Waals surface area contributed by atoms with Crippen molar-refractivity contribution in [3.05, 3.63) is 36.7 Å². The summed E-state index contributed by atoms with van der Waals surface area (Å²) < 4.78 is 3.65. The number of piperidine rings is 1. The molecule has 3 rings (SSSR count). The second kappa shape index (κ2) is 7.22. The Hall–Kier alpha value is -2.15. The van der Waals surface area contributed by atoms with E-state index in [1.807, 2.05) is 23.0 Å². The van der Waals surface area contributed by atoms with E-state index in [0.717, 1.165) is 25.3 Å². The molecule has 1 aliphatic rings. The van der Waals surface area contributed by atoms with Crippen LogP contribution in [-0.4, -0.2) is 44.9 Å². The first-order valence-corrected chi connectivity index (χ1v) is 7.78. The highest BCUT2D eigenvalue weighted by molar-refractivity contribution is 5.75. The minimum atomic E-state index is -0.0171. The smallest absolute Gasteiger partial charge is 0.241 e. The van der Waals surface area contributed by atoms with Gasteiger partial charge in [0.05, 0.1) is 12.0 Å². The highest BCUT2D eigenvalue weighted by atomic mass is 16.2. The summed E-state index contributed by atoms with van der Waals surface area (Å²) in [7, 11) is 0. The van der Waals surface area contributed by atoms with E-state index in [-0.39, 0.29) is 12.5 Å². The lowest BCUT2D eigenvalue weighted by atomic mass is 9.97. The molecule has 2 N–H and O–H groups in total. The number of nitrogens with one attached hydrogen (secondary N) is 2. The molecule has 7 heteroatoms. The Bertz CT molecular complexity index is 585. The van der Waals surface area contributed by atoms with Gasteiger partial charge in [-0.05, 0) is 25.5 Å². The van der Waals surface area contributed by atoms with Crippen LogP contribution >= 0.6 is 0 Å². The number of carbonyl (C=O) groups is 1. The summed E-state index contributed by atoms with van der Waals surface area (Å²) in [6.07, 6.45) is 9.59. The van der Waals surface area contributed by atoms with Gasteiger partial charge >= 0.3 is 0 Å². The van der Waals surface area contributed by atoms with E-state index in [1.165, 1.54) is 12.8 Å². The SMILES string of the molecule is O=C(Cn1ccc([C@H]2CCCNC2)n1)NCCn1ccnc1. The molecule has 7 nitrogen and oxygen atoms in total. The molecular formula is C15H22N6O. The van der Waals surface area contributed by atoms with E-state index >= 15 is 0 Å². The van der Waals surface area contributed by atoms with Crippen LogP contribution in [0.3, 0.4) is 0 Å². The number of imidazole rings is 1. The first-order valence-electron chi connectivity index (χ1n) is 7.78. The van der Waals surface area contributed by atoms with Crippen LogP contribution in [0.1, 0.15) is 24.5 Å². The average Bonchev–Trinajstić information content (AvgIpc) is 3.20. The Balaban J connectivity index is 1.44. The molecule has 0 radical (unpaired) electrons. The van der Waals surface area contributed by atoms with E-state index in [1.54, 1.807) is 17.2 Å². The molecule has 22 heavy (non-hydrogen) atoms. The summed E-state index contributed by atoms with van der Waals surface area (Å²) in [5.74, 6) is 0.454. The monoisotopic (exact) mass is 302 g/mol. The number of hydrogen-bond donors (Lipinski definition) is 2. The van der Waals surface area contributed by atoms with Crippen LogP contribution in [0.15, 0.2) is 31.0 Å². The lowest BCUT2D eigenvalue weighted by Crippen LogP contribution is -2.31. The largest absolute Gasteiger partial charge is 0.353 e. The Morgan fingerprint density at radius 3 is 3.18 bits per heavy atom. The van der Waals surface area contributed by atoms with Crippen LogP contribution in [-0.2, 0) is 17.9 Å². The summed E-state index contributed by atoms with van der Waals surface area (Å²) in [6, 6.07) is 2.02. The van der Waals surface area contributed by atoms with Gasteiger partial charge in [-0.25, -0.2) is 4.98 Å². The van der Waals surface area contributed by atoms with Crippen molar-refractivity contribution in [2.24, 2.45) is 0 Å². The van der Waals surface area contributed by atoms with Crippen LogP contribution in [0.5, 0.6) is 0 Å². The molecule has 0 unspecified atom stereocenters. The van der Waals surface area contributed by atoms with Crippen molar-refractivity contribution in [1.29, 1.82) is 0 Å². The first-order chi connectivity index (χ1) is 10.8. The van der Waals surface area contributed by atoms with Crippen LogP contribution in [0.25, 0.3) is 0 Å². The zero-order valence-corrected chi connectivity index (χ0v) is 12.6. The van der Waals surface area contributed by atoms with E-state index in [9.17, 15) is 4.79 Å². The van der Waals surface area contributed by atoms with Gasteiger partial charge in [0.1, 0.15) is 6.54 Å². The van der Waals surface area contributed by atoms with Gasteiger partial charge in [0.25, 0.3) is 0 Å². The zero-order chi connectivity index (χ0) is 15.2. The van der Waals surface area contributed by atoms with Crippen molar-refractivity contribution in [1.82, 2.24) is 30.0 Å². The van der Waals surface area contributed by atoms with E-state index in [4.69, 9.17) is 0 Å². The Kier molecular flexibility index (Phi) is 4.85. The fourth-order valence-corrected chi connectivity index (χ4v) is 2.73. The summed E-state index contributed by atoms with van der Waals surface area (Å²) >= 11 is 0. The van der Waals surface area contributed by atoms with Crippen molar-refractivity contribution in [3.63, 3.8) is 0 Å². The van der Waals surface area contributed by atoms with E-state index in [2.05, 4.69) is 20.7 Å². The second-order valence-corrected chi connectivity index (χ2v) is 5.63. The van der Waals surface area contributed by atoms with Crippen molar-refractivity contribution in [2.75, 3.05) is 19.6 Å². The molecule has 0 spiro atoms. The van der Waals surface area contributed by atoms with Gasteiger partial charge in [0.15, 0.2) is 0 Å². The quantitative estimate of drug-likeness (QED) is 0.808. The highest BCUT2D eigenvalue weighted by Gasteiger charge is 2.17. The number of hydrogen-bond acceptors (Lipinski definition) is 4. The van der Waals surface area contributed by atoms with Gasteiger partial charge < -0.3 is 15.2 Å². The van der Waals surface area contributed by atoms with Gasteiger partial charge in [-0.2, -0.15) is 5.10 Å².